The van der Waals surface area contributed by atoms with Crippen molar-refractivity contribution in [3.05, 3.63) is 39.9 Å². The van der Waals surface area contributed by atoms with Gasteiger partial charge in [0.1, 0.15) is 5.76 Å². The van der Waals surface area contributed by atoms with E-state index in [-0.39, 0.29) is 16.9 Å². The van der Waals surface area contributed by atoms with Crippen molar-refractivity contribution in [1.29, 1.82) is 0 Å². The molecule has 0 bridgehead atoms. The van der Waals surface area contributed by atoms with Crippen LogP contribution in [0, 0.1) is 0 Å². The Labute approximate surface area is 91.0 Å². The van der Waals surface area contributed by atoms with E-state index in [0.717, 1.165) is 0 Å². The minimum atomic E-state index is -0.665. The first-order chi connectivity index (χ1) is 7.02. The van der Waals surface area contributed by atoms with E-state index in [2.05, 4.69) is 0 Å². The van der Waals surface area contributed by atoms with Crippen molar-refractivity contribution in [2.75, 3.05) is 0 Å². The van der Waals surface area contributed by atoms with Crippen LogP contribution in [-0.2, 0) is 4.79 Å². The molecule has 1 aliphatic carbocycles. The molecule has 76 valence electrons. The molecule has 0 aromatic heterocycles. The van der Waals surface area contributed by atoms with Crippen molar-refractivity contribution >= 4 is 28.9 Å². The number of aliphatic hydroxyl groups excluding tert-OH is 1. The third kappa shape index (κ3) is 1.36. The fraction of sp³-hybridized carbons (Fsp3) is 0.0909. The average molecular weight is 223 g/mol. The number of halogens is 1. The molecule has 0 unspecified atom stereocenters. The Kier molecular flexibility index (Phi) is 2.12. The number of hydrogen-bond acceptors (Lipinski definition) is 3. The topological polar surface area (TPSA) is 54.4 Å². The summed E-state index contributed by atoms with van der Waals surface area (Å²) in [7, 11) is 0. The van der Waals surface area contributed by atoms with Crippen LogP contribution in [0.3, 0.4) is 0 Å². The lowest BCUT2D eigenvalue weighted by atomic mass is 9.89. The van der Waals surface area contributed by atoms with Gasteiger partial charge in [-0.05, 0) is 25.1 Å². The summed E-state index contributed by atoms with van der Waals surface area (Å²) in [5.41, 5.74) is 0.590. The normalized spacial score (nSPS) is 15.6. The lowest BCUT2D eigenvalue weighted by molar-refractivity contribution is -0.111. The zero-order chi connectivity index (χ0) is 11.2. The highest BCUT2D eigenvalue weighted by atomic mass is 35.5. The van der Waals surface area contributed by atoms with Gasteiger partial charge in [-0.2, -0.15) is 0 Å². The van der Waals surface area contributed by atoms with Crippen molar-refractivity contribution in [3.8, 4) is 0 Å². The molecule has 1 aliphatic rings. The van der Waals surface area contributed by atoms with Crippen LogP contribution in [0.25, 0.3) is 5.76 Å². The van der Waals surface area contributed by atoms with E-state index < -0.39 is 11.6 Å². The molecule has 2 rings (SSSR count). The molecule has 0 saturated heterocycles. The van der Waals surface area contributed by atoms with E-state index in [9.17, 15) is 14.7 Å². The Hall–Kier alpha value is -1.61. The lowest BCUT2D eigenvalue weighted by Gasteiger charge is -2.15. The number of rotatable bonds is 0. The van der Waals surface area contributed by atoms with Crippen LogP contribution in [0.15, 0.2) is 23.8 Å². The van der Waals surface area contributed by atoms with Crippen LogP contribution >= 0.6 is 11.6 Å². The van der Waals surface area contributed by atoms with Gasteiger partial charge in [0, 0.05) is 21.7 Å². The number of benzene rings is 1. The maximum atomic E-state index is 11.5. The van der Waals surface area contributed by atoms with Gasteiger partial charge in [0.05, 0.1) is 0 Å². The summed E-state index contributed by atoms with van der Waals surface area (Å²) < 4.78 is 0. The first-order valence-corrected chi connectivity index (χ1v) is 4.69. The molecule has 0 aliphatic heterocycles. The first kappa shape index (κ1) is 9.93. The molecule has 0 amide bonds. The highest BCUT2D eigenvalue weighted by Crippen LogP contribution is 2.29. The van der Waals surface area contributed by atoms with Crippen molar-refractivity contribution in [1.82, 2.24) is 0 Å². The SMILES string of the molecule is CC1=C(O)c2cc(Cl)ccc2C(=O)C1=O. The van der Waals surface area contributed by atoms with Gasteiger partial charge in [-0.1, -0.05) is 11.6 Å². The molecule has 0 atom stereocenters. The van der Waals surface area contributed by atoms with Gasteiger partial charge in [-0.15, -0.1) is 0 Å². The van der Waals surface area contributed by atoms with E-state index in [1.807, 2.05) is 0 Å². The third-order valence-electron chi connectivity index (χ3n) is 2.38. The first-order valence-electron chi connectivity index (χ1n) is 4.31. The quantitative estimate of drug-likeness (QED) is 0.686. The Morgan fingerprint density at radius 1 is 1.13 bits per heavy atom. The highest BCUT2D eigenvalue weighted by molar-refractivity contribution is 6.52. The number of carbonyl (C=O) groups is 2. The molecule has 0 fully saturated rings. The predicted octanol–water partition coefficient (Wildman–Crippen LogP) is 2.39. The molecule has 0 spiro atoms. The number of allylic oxidation sites excluding steroid dienone is 1. The minimum Gasteiger partial charge on any atom is -0.507 e. The third-order valence-corrected chi connectivity index (χ3v) is 2.62. The van der Waals surface area contributed by atoms with Crippen molar-refractivity contribution < 1.29 is 14.7 Å². The summed E-state index contributed by atoms with van der Waals surface area (Å²) in [6, 6.07) is 4.43. The van der Waals surface area contributed by atoms with E-state index in [4.69, 9.17) is 11.6 Å². The molecule has 4 heteroatoms. The summed E-state index contributed by atoms with van der Waals surface area (Å²) in [4.78, 5) is 22.9. The monoisotopic (exact) mass is 222 g/mol. The van der Waals surface area contributed by atoms with Crippen molar-refractivity contribution in [2.24, 2.45) is 0 Å². The van der Waals surface area contributed by atoms with Crippen LogP contribution in [0.4, 0.5) is 0 Å². The zero-order valence-corrected chi connectivity index (χ0v) is 8.63. The fourth-order valence-corrected chi connectivity index (χ4v) is 1.68. The number of hydrogen-bond donors (Lipinski definition) is 1. The number of carbonyl (C=O) groups excluding carboxylic acids is 2. The fourth-order valence-electron chi connectivity index (χ4n) is 1.51. The largest absolute Gasteiger partial charge is 0.507 e. The molecule has 0 saturated carbocycles. The lowest BCUT2D eigenvalue weighted by Crippen LogP contribution is -2.22. The summed E-state index contributed by atoms with van der Waals surface area (Å²) in [6.45, 7) is 1.42. The highest BCUT2D eigenvalue weighted by Gasteiger charge is 2.30. The summed E-state index contributed by atoms with van der Waals surface area (Å²) in [6.07, 6.45) is 0. The average Bonchev–Trinajstić information content (AvgIpc) is 2.23. The van der Waals surface area contributed by atoms with Crippen LogP contribution in [0.2, 0.25) is 5.02 Å². The molecule has 3 nitrogen and oxygen atoms in total. The van der Waals surface area contributed by atoms with Gasteiger partial charge in [0.25, 0.3) is 0 Å². The predicted molar refractivity (Wildman–Crippen MR) is 56.0 cm³/mol. The Balaban J connectivity index is 2.78. The van der Waals surface area contributed by atoms with Gasteiger partial charge >= 0.3 is 0 Å². The number of aliphatic hydroxyl groups is 1. The van der Waals surface area contributed by atoms with Gasteiger partial charge in [0.2, 0.25) is 11.6 Å². The van der Waals surface area contributed by atoms with Gasteiger partial charge in [0.15, 0.2) is 0 Å². The van der Waals surface area contributed by atoms with Crippen molar-refractivity contribution in [3.63, 3.8) is 0 Å². The van der Waals surface area contributed by atoms with Gasteiger partial charge < -0.3 is 5.11 Å². The zero-order valence-electron chi connectivity index (χ0n) is 7.87. The van der Waals surface area contributed by atoms with E-state index in [1.54, 1.807) is 0 Å². The molecule has 1 N–H and O–H groups in total. The van der Waals surface area contributed by atoms with Crippen molar-refractivity contribution in [2.45, 2.75) is 6.92 Å². The summed E-state index contributed by atoms with van der Waals surface area (Å²) >= 11 is 5.74. The Bertz CT molecular complexity index is 515. The second-order valence-electron chi connectivity index (χ2n) is 3.32. The van der Waals surface area contributed by atoms with Gasteiger partial charge in [-0.25, -0.2) is 0 Å². The summed E-state index contributed by atoms with van der Waals surface area (Å²) in [5.74, 6) is -1.43. The van der Waals surface area contributed by atoms with E-state index >= 15 is 0 Å². The molecule has 1 aromatic rings. The number of ketones is 2. The smallest absolute Gasteiger partial charge is 0.234 e. The second kappa shape index (κ2) is 3.21. The van der Waals surface area contributed by atoms with Crippen LogP contribution < -0.4 is 0 Å². The maximum Gasteiger partial charge on any atom is 0.234 e. The number of fused-ring (bicyclic) bond motifs is 1. The molecule has 0 radical (unpaired) electrons. The van der Waals surface area contributed by atoms with E-state index in [0.29, 0.717) is 10.6 Å². The Morgan fingerprint density at radius 3 is 2.47 bits per heavy atom. The molecular weight excluding hydrogens is 216 g/mol. The number of Topliss-reactive ketones (excluding diaryl/α,β-unsaturated/α-hetero) is 2. The van der Waals surface area contributed by atoms with Crippen LogP contribution in [0.5, 0.6) is 0 Å². The molecule has 0 heterocycles. The van der Waals surface area contributed by atoms with E-state index in [1.165, 1.54) is 25.1 Å². The minimum absolute atomic E-state index is 0.0646. The maximum absolute atomic E-state index is 11.5. The second-order valence-corrected chi connectivity index (χ2v) is 3.76. The molecule has 1 aromatic carbocycles. The van der Waals surface area contributed by atoms with Gasteiger partial charge in [-0.3, -0.25) is 9.59 Å². The van der Waals surface area contributed by atoms with Crippen LogP contribution in [-0.4, -0.2) is 16.7 Å². The molecule has 15 heavy (non-hydrogen) atoms. The Morgan fingerprint density at radius 2 is 1.80 bits per heavy atom. The molecular formula is C11H7ClO3. The van der Waals surface area contributed by atoms with Crippen LogP contribution in [0.1, 0.15) is 22.8 Å². The summed E-state index contributed by atoms with van der Waals surface area (Å²) in [5, 5.41) is 10.1. The standard InChI is InChI=1S/C11H7ClO3/c1-5-9(13)8-4-6(12)2-3-7(8)11(15)10(5)14/h2-4,13H,1H3.